The predicted molar refractivity (Wildman–Crippen MR) is 114 cm³/mol. The van der Waals surface area contributed by atoms with Crippen LogP contribution in [0.4, 0.5) is 5.69 Å². The van der Waals surface area contributed by atoms with E-state index in [0.717, 1.165) is 5.69 Å². The number of anilines is 1. The van der Waals surface area contributed by atoms with Gasteiger partial charge in [0.15, 0.2) is 0 Å². The summed E-state index contributed by atoms with van der Waals surface area (Å²) in [7, 11) is 1.73. The van der Waals surface area contributed by atoms with Crippen molar-refractivity contribution in [2.45, 2.75) is 44.9 Å². The second-order valence-electron chi connectivity index (χ2n) is 9.19. The van der Waals surface area contributed by atoms with Crippen LogP contribution >= 0.6 is 0 Å². The fourth-order valence-corrected chi connectivity index (χ4v) is 5.11. The largest absolute Gasteiger partial charge is 0.361 e. The molecule has 4 heterocycles. The van der Waals surface area contributed by atoms with Crippen LogP contribution in [0.25, 0.3) is 0 Å². The number of nitrogens with zero attached hydrogens (tertiary/aromatic N) is 3. The highest BCUT2D eigenvalue weighted by molar-refractivity contribution is 6.03. The summed E-state index contributed by atoms with van der Waals surface area (Å²) < 4.78 is 11.4. The number of fused-ring (bicyclic) bond motifs is 1. The molecule has 1 aromatic carbocycles. The summed E-state index contributed by atoms with van der Waals surface area (Å²) in [5.41, 5.74) is 2.02. The van der Waals surface area contributed by atoms with E-state index in [1.165, 1.54) is 5.56 Å². The van der Waals surface area contributed by atoms with E-state index in [9.17, 15) is 9.59 Å². The van der Waals surface area contributed by atoms with E-state index >= 15 is 0 Å². The Morgan fingerprint density at radius 2 is 2.06 bits per heavy atom. The second-order valence-corrected chi connectivity index (χ2v) is 9.19. The molecule has 5 rings (SSSR count). The van der Waals surface area contributed by atoms with Gasteiger partial charge in [0.2, 0.25) is 11.8 Å². The first-order valence-electron chi connectivity index (χ1n) is 10.7. The van der Waals surface area contributed by atoms with Crippen molar-refractivity contribution in [3.63, 3.8) is 0 Å². The molecule has 0 saturated carbocycles. The SMILES string of the molecule is Cc1cc(CN(C)C(=O)C2C3C(=O)N(c4ccc(C(C)C)cc4)C[C@@]34C=C[C@@H]2O4)no1. The summed E-state index contributed by atoms with van der Waals surface area (Å²) in [5.74, 6) is -0.0718. The summed E-state index contributed by atoms with van der Waals surface area (Å²) in [4.78, 5) is 30.3. The first-order valence-corrected chi connectivity index (χ1v) is 10.7. The van der Waals surface area contributed by atoms with Crippen molar-refractivity contribution < 1.29 is 18.8 Å². The predicted octanol–water partition coefficient (Wildman–Crippen LogP) is 3.05. The monoisotopic (exact) mass is 421 g/mol. The molecular formula is C24H27N3O4. The molecule has 0 radical (unpaired) electrons. The minimum absolute atomic E-state index is 0.0480. The Hall–Kier alpha value is -2.93. The van der Waals surface area contributed by atoms with E-state index in [0.29, 0.717) is 30.5 Å². The number of carbonyl (C=O) groups is 2. The third-order valence-electron chi connectivity index (χ3n) is 6.71. The molecule has 162 valence electrons. The number of carbonyl (C=O) groups excluding carboxylic acids is 2. The molecule has 2 unspecified atom stereocenters. The van der Waals surface area contributed by atoms with Crippen LogP contribution in [0.1, 0.15) is 36.8 Å². The molecule has 2 saturated heterocycles. The van der Waals surface area contributed by atoms with Gasteiger partial charge in [-0.1, -0.05) is 43.3 Å². The molecule has 3 aliphatic rings. The number of rotatable bonds is 5. The Labute approximate surface area is 181 Å². The smallest absolute Gasteiger partial charge is 0.234 e. The number of aryl methyl sites for hydroxylation is 1. The quantitative estimate of drug-likeness (QED) is 0.694. The Morgan fingerprint density at radius 1 is 1.32 bits per heavy atom. The van der Waals surface area contributed by atoms with Crippen molar-refractivity contribution in [3.8, 4) is 0 Å². The van der Waals surface area contributed by atoms with E-state index in [2.05, 4.69) is 31.1 Å². The van der Waals surface area contributed by atoms with Crippen molar-refractivity contribution in [1.29, 1.82) is 0 Å². The van der Waals surface area contributed by atoms with Crippen molar-refractivity contribution in [2.75, 3.05) is 18.5 Å². The van der Waals surface area contributed by atoms with Gasteiger partial charge in [-0.25, -0.2) is 0 Å². The molecular weight excluding hydrogens is 394 g/mol. The van der Waals surface area contributed by atoms with E-state index < -0.39 is 17.4 Å². The second kappa shape index (κ2) is 7.05. The van der Waals surface area contributed by atoms with Crippen LogP contribution in [-0.2, 0) is 20.9 Å². The lowest BCUT2D eigenvalue weighted by Gasteiger charge is -2.27. The van der Waals surface area contributed by atoms with Crippen molar-refractivity contribution in [2.24, 2.45) is 11.8 Å². The van der Waals surface area contributed by atoms with Crippen LogP contribution in [0.15, 0.2) is 47.0 Å². The first kappa shape index (κ1) is 20.0. The van der Waals surface area contributed by atoms with Crippen LogP contribution in [-0.4, -0.2) is 47.2 Å². The number of amides is 2. The lowest BCUT2D eigenvalue weighted by molar-refractivity contribution is -0.139. The molecule has 1 aromatic heterocycles. The summed E-state index contributed by atoms with van der Waals surface area (Å²) in [6, 6.07) is 9.90. The zero-order valence-corrected chi connectivity index (χ0v) is 18.2. The Bertz CT molecular complexity index is 1060. The molecule has 4 atom stereocenters. The van der Waals surface area contributed by atoms with Gasteiger partial charge in [-0.05, 0) is 30.5 Å². The fourth-order valence-electron chi connectivity index (χ4n) is 5.11. The molecule has 2 bridgehead atoms. The van der Waals surface area contributed by atoms with Gasteiger partial charge in [0, 0.05) is 18.8 Å². The van der Waals surface area contributed by atoms with Crippen molar-refractivity contribution in [3.05, 3.63) is 59.5 Å². The minimum Gasteiger partial charge on any atom is -0.361 e. The number of hydrogen-bond donors (Lipinski definition) is 0. The molecule has 2 aromatic rings. The van der Waals surface area contributed by atoms with E-state index in [1.807, 2.05) is 37.3 Å². The third-order valence-corrected chi connectivity index (χ3v) is 6.71. The number of aromatic nitrogens is 1. The highest BCUT2D eigenvalue weighted by atomic mass is 16.5. The zero-order chi connectivity index (χ0) is 21.9. The minimum atomic E-state index is -0.732. The van der Waals surface area contributed by atoms with Gasteiger partial charge in [-0.2, -0.15) is 0 Å². The zero-order valence-electron chi connectivity index (χ0n) is 18.2. The van der Waals surface area contributed by atoms with Gasteiger partial charge in [0.05, 0.1) is 31.0 Å². The number of ether oxygens (including phenoxy) is 1. The summed E-state index contributed by atoms with van der Waals surface area (Å²) in [5, 5.41) is 3.97. The van der Waals surface area contributed by atoms with Gasteiger partial charge in [0.25, 0.3) is 0 Å². The van der Waals surface area contributed by atoms with Crippen LogP contribution in [0.2, 0.25) is 0 Å². The van der Waals surface area contributed by atoms with Crippen LogP contribution in [0, 0.1) is 18.8 Å². The van der Waals surface area contributed by atoms with Gasteiger partial charge >= 0.3 is 0 Å². The molecule has 3 aliphatic heterocycles. The van der Waals surface area contributed by atoms with E-state index in [1.54, 1.807) is 16.8 Å². The maximum atomic E-state index is 13.5. The lowest BCUT2D eigenvalue weighted by atomic mass is 9.76. The van der Waals surface area contributed by atoms with E-state index in [-0.39, 0.29) is 17.9 Å². The maximum Gasteiger partial charge on any atom is 0.234 e. The molecule has 1 spiro atoms. The van der Waals surface area contributed by atoms with Gasteiger partial charge in [-0.3, -0.25) is 9.59 Å². The number of hydrogen-bond acceptors (Lipinski definition) is 5. The van der Waals surface area contributed by atoms with Crippen molar-refractivity contribution in [1.82, 2.24) is 10.1 Å². The fraction of sp³-hybridized carbons (Fsp3) is 0.458. The maximum absolute atomic E-state index is 13.5. The molecule has 0 N–H and O–H groups in total. The molecule has 31 heavy (non-hydrogen) atoms. The normalized spacial score (nSPS) is 28.6. The lowest BCUT2D eigenvalue weighted by Crippen LogP contribution is -2.44. The van der Waals surface area contributed by atoms with Crippen molar-refractivity contribution >= 4 is 17.5 Å². The average Bonchev–Trinajstić information content (AvgIpc) is 3.49. The van der Waals surface area contributed by atoms with Crippen LogP contribution in [0.5, 0.6) is 0 Å². The Balaban J connectivity index is 1.39. The van der Waals surface area contributed by atoms with Crippen LogP contribution in [0.3, 0.4) is 0 Å². The highest BCUT2D eigenvalue weighted by Crippen LogP contribution is 2.53. The molecule has 2 amide bonds. The average molecular weight is 421 g/mol. The van der Waals surface area contributed by atoms with Gasteiger partial charge in [0.1, 0.15) is 17.1 Å². The van der Waals surface area contributed by atoms with Crippen LogP contribution < -0.4 is 4.90 Å². The topological polar surface area (TPSA) is 75.9 Å². The Kier molecular flexibility index (Phi) is 4.55. The summed E-state index contributed by atoms with van der Waals surface area (Å²) >= 11 is 0. The molecule has 0 aliphatic carbocycles. The molecule has 2 fully saturated rings. The standard InChI is InChI=1S/C24H27N3O4/c1-14(2)16-5-7-18(8-6-16)27-13-24-10-9-19(30-24)20(21(24)23(27)29)22(28)26(4)12-17-11-15(3)31-25-17/h5-11,14,19-21H,12-13H2,1-4H3/t19-,20?,21?,24-/m0/s1. The first-order chi connectivity index (χ1) is 14.8. The summed E-state index contributed by atoms with van der Waals surface area (Å²) in [6.45, 7) is 6.86. The van der Waals surface area contributed by atoms with Gasteiger partial charge < -0.3 is 19.1 Å². The summed E-state index contributed by atoms with van der Waals surface area (Å²) in [6.07, 6.45) is 3.55. The molecule has 7 nitrogen and oxygen atoms in total. The molecule has 7 heteroatoms. The van der Waals surface area contributed by atoms with Gasteiger partial charge in [-0.15, -0.1) is 0 Å². The number of benzene rings is 1. The third kappa shape index (κ3) is 3.10. The Morgan fingerprint density at radius 3 is 2.71 bits per heavy atom. The highest BCUT2D eigenvalue weighted by Gasteiger charge is 2.67. The van der Waals surface area contributed by atoms with E-state index in [4.69, 9.17) is 9.26 Å².